The highest BCUT2D eigenvalue weighted by atomic mass is 32.2. The quantitative estimate of drug-likeness (QED) is 0.0864. The van der Waals surface area contributed by atoms with Crippen molar-refractivity contribution >= 4 is 81.5 Å². The van der Waals surface area contributed by atoms with Crippen molar-refractivity contribution < 1.29 is 47.8 Å². The maximum absolute atomic E-state index is 13.8. The van der Waals surface area contributed by atoms with Crippen molar-refractivity contribution in [3.63, 3.8) is 0 Å². The fourth-order valence-corrected chi connectivity index (χ4v) is 8.76. The Hall–Kier alpha value is -5.53. The number of nitrogens with one attached hydrogen (secondary N) is 2. The second-order valence-electron chi connectivity index (χ2n) is 11.3. The van der Waals surface area contributed by atoms with Crippen LogP contribution in [0.4, 0.5) is 0 Å². The number of esters is 2. The summed E-state index contributed by atoms with van der Waals surface area (Å²) in [7, 11) is 0. The normalized spacial score (nSPS) is 17.1. The van der Waals surface area contributed by atoms with Crippen LogP contribution in [0.5, 0.6) is 11.5 Å². The molecule has 4 heterocycles. The molecule has 52 heavy (non-hydrogen) atoms. The number of aliphatic carboxylic acids is 1. The van der Waals surface area contributed by atoms with Crippen molar-refractivity contribution in [2.75, 3.05) is 11.5 Å². The topological polar surface area (TPSA) is 224 Å². The van der Waals surface area contributed by atoms with E-state index < -0.39 is 64.1 Å². The molecule has 1 fully saturated rings. The Morgan fingerprint density at radius 3 is 2.44 bits per heavy atom. The number of amides is 3. The molecule has 4 aromatic rings. The van der Waals surface area contributed by atoms with Crippen LogP contribution in [0.2, 0.25) is 0 Å². The summed E-state index contributed by atoms with van der Waals surface area (Å²) in [6, 6.07) is 7.99. The van der Waals surface area contributed by atoms with Crippen LogP contribution in [0.1, 0.15) is 40.8 Å². The van der Waals surface area contributed by atoms with Gasteiger partial charge in [-0.3, -0.25) is 33.7 Å². The molecule has 2 aromatic heterocycles. The van der Waals surface area contributed by atoms with Crippen LogP contribution in [-0.2, 0) is 24.0 Å². The molecule has 6 rings (SSSR count). The van der Waals surface area contributed by atoms with Gasteiger partial charge in [0.1, 0.15) is 40.0 Å². The Bertz CT molecular complexity index is 2240. The van der Waals surface area contributed by atoms with E-state index in [1.165, 1.54) is 47.0 Å². The van der Waals surface area contributed by atoms with Gasteiger partial charge in [-0.25, -0.2) is 4.79 Å². The van der Waals surface area contributed by atoms with Gasteiger partial charge in [-0.05, 0) is 30.2 Å². The van der Waals surface area contributed by atoms with Crippen LogP contribution >= 0.6 is 34.9 Å². The Kier molecular flexibility index (Phi) is 10.4. The van der Waals surface area contributed by atoms with E-state index in [0.717, 1.165) is 30.0 Å². The number of hydrogen-bond acceptors (Lipinski definition) is 15. The maximum atomic E-state index is 13.8. The van der Waals surface area contributed by atoms with E-state index in [1.807, 2.05) is 0 Å². The lowest BCUT2D eigenvalue weighted by molar-refractivity contribution is -0.151. The Labute approximate surface area is 305 Å². The highest BCUT2D eigenvalue weighted by Gasteiger charge is 2.54. The minimum Gasteiger partial charge on any atom is -0.477 e. The number of carboxylic acid groups (broad SMARTS) is 1. The van der Waals surface area contributed by atoms with Crippen molar-refractivity contribution in [1.82, 2.24) is 25.7 Å². The molecule has 19 heteroatoms. The van der Waals surface area contributed by atoms with E-state index in [-0.39, 0.29) is 39.7 Å². The van der Waals surface area contributed by atoms with Crippen molar-refractivity contribution in [3.05, 3.63) is 86.4 Å². The van der Waals surface area contributed by atoms with E-state index in [0.29, 0.717) is 15.5 Å². The third-order valence-corrected chi connectivity index (χ3v) is 11.1. The molecule has 0 saturated carbocycles. The number of aryl methyl sites for hydroxylation is 1. The smallest absolute Gasteiger partial charge is 0.352 e. The molecule has 1 saturated heterocycles. The summed E-state index contributed by atoms with van der Waals surface area (Å²) in [6.45, 7) is 4.02. The van der Waals surface area contributed by atoms with Crippen molar-refractivity contribution in [2.24, 2.45) is 0 Å². The molecule has 16 nitrogen and oxygen atoms in total. The van der Waals surface area contributed by atoms with E-state index in [1.54, 1.807) is 37.3 Å². The zero-order valence-corrected chi connectivity index (χ0v) is 29.8. The average Bonchev–Trinajstić information content (AvgIpc) is 3.53. The summed E-state index contributed by atoms with van der Waals surface area (Å²) in [5.41, 5.74) is -0.928. The molecule has 1 unspecified atom stereocenters. The first-order chi connectivity index (χ1) is 24.8. The van der Waals surface area contributed by atoms with Crippen LogP contribution in [0.3, 0.4) is 0 Å². The summed E-state index contributed by atoms with van der Waals surface area (Å²) in [5, 5.41) is 23.1. The molecule has 2 aliphatic heterocycles. The molecular formula is C33H27N5O11S3. The standard InChI is InChI=1S/C33H27N5O11S3/c1-14-36-37-33(52-14)51-13-18-12-50-31-23(30(44)38(31)24(18)32(45)46)35-29(43)22(17-7-5-4-6-8-17)34-28(42)20-11-47-26-19(25(20)41)9-10-21(48-15(2)39)27(26)49-16(3)40/h4-11,22-23,31H,12-13H2,1-3H3,(H,34,42)(H,35,43)(H,45,46)/t22?,23-,31+/m1/s1. The van der Waals surface area contributed by atoms with Crippen molar-refractivity contribution in [2.45, 2.75) is 42.6 Å². The van der Waals surface area contributed by atoms with Gasteiger partial charge in [0.2, 0.25) is 17.1 Å². The molecule has 0 radical (unpaired) electrons. The number of hydrogen-bond donors (Lipinski definition) is 3. The molecule has 0 aliphatic carbocycles. The highest BCUT2D eigenvalue weighted by molar-refractivity contribution is 8.01. The summed E-state index contributed by atoms with van der Waals surface area (Å²) >= 11 is 3.98. The number of rotatable bonds is 11. The second kappa shape index (κ2) is 15.0. The predicted octanol–water partition coefficient (Wildman–Crippen LogP) is 2.81. The number of carbonyl (C=O) groups is 6. The minimum atomic E-state index is -1.40. The number of carboxylic acids is 1. The number of nitrogens with zero attached hydrogens (tertiary/aromatic N) is 3. The van der Waals surface area contributed by atoms with Crippen LogP contribution in [0.25, 0.3) is 11.0 Å². The molecule has 0 bridgehead atoms. The van der Waals surface area contributed by atoms with E-state index in [4.69, 9.17) is 13.9 Å². The largest absolute Gasteiger partial charge is 0.477 e. The number of fused-ring (bicyclic) bond motifs is 2. The third kappa shape index (κ3) is 7.28. The van der Waals surface area contributed by atoms with Crippen molar-refractivity contribution in [1.29, 1.82) is 0 Å². The molecule has 3 N–H and O–H groups in total. The molecule has 2 aliphatic rings. The lowest BCUT2D eigenvalue weighted by Crippen LogP contribution is -2.71. The first kappa shape index (κ1) is 36.3. The van der Waals surface area contributed by atoms with Crippen LogP contribution < -0.4 is 25.5 Å². The molecule has 3 amide bonds. The SMILES string of the molecule is CC(=O)Oc1ccc2c(=O)c(C(=O)NC(C(=O)N[C@@H]3C(=O)N4C(C(=O)O)=C(CSc5nnc(C)s5)CS[C@@H]34)c3ccccc3)coc2c1OC(C)=O. The molecule has 2 aromatic carbocycles. The number of thioether (sulfide) groups is 2. The van der Waals surface area contributed by atoms with Gasteiger partial charge < -0.3 is 29.6 Å². The summed E-state index contributed by atoms with van der Waals surface area (Å²) < 4.78 is 16.4. The average molecular weight is 766 g/mol. The summed E-state index contributed by atoms with van der Waals surface area (Å²) in [5.74, 6) is -5.21. The maximum Gasteiger partial charge on any atom is 0.352 e. The van der Waals surface area contributed by atoms with Crippen LogP contribution in [0, 0.1) is 6.92 Å². The number of ether oxygens (including phenoxy) is 2. The second-order valence-corrected chi connectivity index (χ2v) is 14.8. The third-order valence-electron chi connectivity index (χ3n) is 7.70. The molecule has 3 atom stereocenters. The Balaban J connectivity index is 1.23. The molecule has 0 spiro atoms. The van der Waals surface area contributed by atoms with Gasteiger partial charge in [0.05, 0.1) is 5.39 Å². The summed E-state index contributed by atoms with van der Waals surface area (Å²) in [4.78, 5) is 91.1. The zero-order valence-electron chi connectivity index (χ0n) is 27.4. The fraction of sp³-hybridized carbons (Fsp3) is 0.242. The first-order valence-corrected chi connectivity index (χ1v) is 18.1. The van der Waals surface area contributed by atoms with Gasteiger partial charge in [-0.1, -0.05) is 53.4 Å². The van der Waals surface area contributed by atoms with E-state index >= 15 is 0 Å². The molecule has 268 valence electrons. The highest BCUT2D eigenvalue weighted by Crippen LogP contribution is 2.42. The number of benzene rings is 2. The van der Waals surface area contributed by atoms with E-state index in [9.17, 15) is 38.7 Å². The number of carbonyl (C=O) groups excluding carboxylic acids is 5. The van der Waals surface area contributed by atoms with Gasteiger partial charge in [-0.2, -0.15) is 0 Å². The van der Waals surface area contributed by atoms with Gasteiger partial charge in [-0.15, -0.1) is 22.0 Å². The van der Waals surface area contributed by atoms with Gasteiger partial charge >= 0.3 is 17.9 Å². The monoisotopic (exact) mass is 765 g/mol. The first-order valence-electron chi connectivity index (χ1n) is 15.3. The van der Waals surface area contributed by atoms with Gasteiger partial charge in [0.25, 0.3) is 11.8 Å². The summed E-state index contributed by atoms with van der Waals surface area (Å²) in [6.07, 6.45) is 0.818. The van der Waals surface area contributed by atoms with Gasteiger partial charge in [0.15, 0.2) is 15.7 Å². The van der Waals surface area contributed by atoms with Crippen LogP contribution in [-0.4, -0.2) is 78.8 Å². The van der Waals surface area contributed by atoms with Crippen molar-refractivity contribution in [3.8, 4) is 11.5 Å². The lowest BCUT2D eigenvalue weighted by atomic mass is 10.0. The molecular weight excluding hydrogens is 739 g/mol. The minimum absolute atomic E-state index is 0.152. The number of aromatic nitrogens is 2. The van der Waals surface area contributed by atoms with E-state index in [2.05, 4.69) is 20.8 Å². The zero-order chi connectivity index (χ0) is 37.3. The predicted molar refractivity (Wildman–Crippen MR) is 187 cm³/mol. The fourth-order valence-electron chi connectivity index (χ4n) is 5.46. The Morgan fingerprint density at radius 2 is 1.79 bits per heavy atom. The lowest BCUT2D eigenvalue weighted by Gasteiger charge is -2.49. The van der Waals surface area contributed by atoms with Gasteiger partial charge in [0, 0.05) is 25.4 Å². The Morgan fingerprint density at radius 1 is 1.06 bits per heavy atom. The van der Waals surface area contributed by atoms with Crippen LogP contribution in [0.15, 0.2) is 73.5 Å². The number of β-lactam (4-membered cyclic amide) rings is 1.